The fourth-order valence-electron chi connectivity index (χ4n) is 1.67. The van der Waals surface area contributed by atoms with Gasteiger partial charge in [-0.1, -0.05) is 41.9 Å². The Morgan fingerprint density at radius 2 is 1.63 bits per heavy atom. The molecule has 0 spiro atoms. The van der Waals surface area contributed by atoms with Gasteiger partial charge in [-0.25, -0.2) is 15.0 Å². The van der Waals surface area contributed by atoms with Gasteiger partial charge in [0.15, 0.2) is 11.6 Å². The van der Waals surface area contributed by atoms with Gasteiger partial charge in [0.25, 0.3) is 0 Å². The highest BCUT2D eigenvalue weighted by molar-refractivity contribution is 6.30. The number of pyridine rings is 1. The van der Waals surface area contributed by atoms with E-state index in [-0.39, 0.29) is 0 Å². The first kappa shape index (κ1) is 11.7. The molecule has 92 valence electrons. The van der Waals surface area contributed by atoms with Crippen LogP contribution < -0.4 is 0 Å². The lowest BCUT2D eigenvalue weighted by Gasteiger charge is -2.02. The second-order valence-corrected chi connectivity index (χ2v) is 4.29. The maximum atomic E-state index is 5.94. The third kappa shape index (κ3) is 2.58. The van der Waals surface area contributed by atoms with E-state index in [4.69, 9.17) is 11.6 Å². The van der Waals surface area contributed by atoms with Crippen LogP contribution in [0.1, 0.15) is 0 Å². The highest BCUT2D eigenvalue weighted by Gasteiger charge is 2.07. The van der Waals surface area contributed by atoms with E-state index in [1.165, 1.54) is 6.33 Å². The molecule has 5 heteroatoms. The molecule has 0 atom stereocenters. The van der Waals surface area contributed by atoms with Gasteiger partial charge in [-0.2, -0.15) is 0 Å². The molecule has 0 saturated carbocycles. The lowest BCUT2D eigenvalue weighted by molar-refractivity contribution is 1.05. The molecule has 2 heterocycles. The summed E-state index contributed by atoms with van der Waals surface area (Å²) in [5.74, 6) is 1.13. The lowest BCUT2D eigenvalue weighted by Crippen LogP contribution is -1.96. The molecule has 0 N–H and O–H groups in total. The molecule has 1 aromatic carbocycles. The molecule has 0 fully saturated rings. The standard InChI is InChI=1S/C14H9ClN4/c15-11-6-7-16-12(8-11)14-18-9-17-13(19-14)10-4-2-1-3-5-10/h1-9H. The third-order valence-electron chi connectivity index (χ3n) is 2.55. The summed E-state index contributed by atoms with van der Waals surface area (Å²) in [5.41, 5.74) is 1.57. The SMILES string of the molecule is Clc1ccnc(-c2ncnc(-c3ccccc3)n2)c1. The number of nitrogens with zero attached hydrogens (tertiary/aromatic N) is 4. The Hall–Kier alpha value is -2.33. The Balaban J connectivity index is 2.06. The molecule has 0 unspecified atom stereocenters. The van der Waals surface area contributed by atoms with Crippen molar-refractivity contribution >= 4 is 11.6 Å². The summed E-state index contributed by atoms with van der Waals surface area (Å²) in [5, 5.41) is 0.603. The molecule has 0 aliphatic heterocycles. The summed E-state index contributed by atoms with van der Waals surface area (Å²) >= 11 is 5.94. The van der Waals surface area contributed by atoms with Crippen LogP contribution in [-0.4, -0.2) is 19.9 Å². The summed E-state index contributed by atoms with van der Waals surface area (Å²) in [6.45, 7) is 0. The summed E-state index contributed by atoms with van der Waals surface area (Å²) < 4.78 is 0. The van der Waals surface area contributed by atoms with Crippen molar-refractivity contribution in [1.82, 2.24) is 19.9 Å². The van der Waals surface area contributed by atoms with Gasteiger partial charge in [0.1, 0.15) is 12.0 Å². The normalized spacial score (nSPS) is 10.4. The van der Waals surface area contributed by atoms with Gasteiger partial charge in [0.05, 0.1) is 0 Å². The molecule has 19 heavy (non-hydrogen) atoms. The largest absolute Gasteiger partial charge is 0.253 e. The van der Waals surface area contributed by atoms with E-state index in [2.05, 4.69) is 19.9 Å². The van der Waals surface area contributed by atoms with E-state index in [9.17, 15) is 0 Å². The Kier molecular flexibility index (Phi) is 3.16. The van der Waals surface area contributed by atoms with Gasteiger partial charge >= 0.3 is 0 Å². The first-order chi connectivity index (χ1) is 9.33. The molecular formula is C14H9ClN4. The molecule has 2 aromatic heterocycles. The van der Waals surface area contributed by atoms with E-state index in [0.29, 0.717) is 22.4 Å². The second-order valence-electron chi connectivity index (χ2n) is 3.86. The lowest BCUT2D eigenvalue weighted by atomic mass is 10.2. The van der Waals surface area contributed by atoms with Crippen LogP contribution in [0.2, 0.25) is 5.02 Å². The number of aromatic nitrogens is 4. The van der Waals surface area contributed by atoms with Crippen LogP contribution in [0.15, 0.2) is 55.0 Å². The molecule has 0 radical (unpaired) electrons. The highest BCUT2D eigenvalue weighted by atomic mass is 35.5. The minimum absolute atomic E-state index is 0.511. The van der Waals surface area contributed by atoms with Gasteiger partial charge < -0.3 is 0 Å². The van der Waals surface area contributed by atoms with Crippen LogP contribution in [0.25, 0.3) is 22.9 Å². The second kappa shape index (κ2) is 5.12. The zero-order chi connectivity index (χ0) is 13.1. The fourth-order valence-corrected chi connectivity index (χ4v) is 1.83. The molecule has 0 aliphatic carbocycles. The molecule has 0 amide bonds. The van der Waals surface area contributed by atoms with Gasteiger partial charge in [-0.05, 0) is 12.1 Å². The number of rotatable bonds is 2. The van der Waals surface area contributed by atoms with Gasteiger partial charge in [-0.15, -0.1) is 0 Å². The van der Waals surface area contributed by atoms with Gasteiger partial charge in [-0.3, -0.25) is 4.98 Å². The summed E-state index contributed by atoms with van der Waals surface area (Å²) in [6, 6.07) is 13.2. The number of halogens is 1. The van der Waals surface area contributed by atoms with E-state index < -0.39 is 0 Å². The topological polar surface area (TPSA) is 51.6 Å². The van der Waals surface area contributed by atoms with Crippen molar-refractivity contribution in [3.05, 3.63) is 60.0 Å². The van der Waals surface area contributed by atoms with Crippen LogP contribution in [0, 0.1) is 0 Å². The van der Waals surface area contributed by atoms with Crippen LogP contribution >= 0.6 is 11.6 Å². The van der Waals surface area contributed by atoms with Crippen molar-refractivity contribution in [1.29, 1.82) is 0 Å². The van der Waals surface area contributed by atoms with Crippen LogP contribution in [0.4, 0.5) is 0 Å². The molecule has 0 saturated heterocycles. The maximum Gasteiger partial charge on any atom is 0.181 e. The van der Waals surface area contributed by atoms with E-state index >= 15 is 0 Å². The fraction of sp³-hybridized carbons (Fsp3) is 0. The monoisotopic (exact) mass is 268 g/mol. The Morgan fingerprint density at radius 3 is 2.42 bits per heavy atom. The van der Waals surface area contributed by atoms with E-state index in [1.54, 1.807) is 18.3 Å². The molecule has 3 rings (SSSR count). The quantitative estimate of drug-likeness (QED) is 0.716. The third-order valence-corrected chi connectivity index (χ3v) is 2.79. The Bertz CT molecular complexity index is 701. The van der Waals surface area contributed by atoms with Crippen LogP contribution in [-0.2, 0) is 0 Å². The van der Waals surface area contributed by atoms with Crippen LogP contribution in [0.3, 0.4) is 0 Å². The molecular weight excluding hydrogens is 260 g/mol. The van der Waals surface area contributed by atoms with Gasteiger partial charge in [0, 0.05) is 16.8 Å². The summed E-state index contributed by atoms with van der Waals surface area (Å²) in [7, 11) is 0. The summed E-state index contributed by atoms with van der Waals surface area (Å²) in [6.07, 6.45) is 3.11. The average molecular weight is 269 g/mol. The zero-order valence-corrected chi connectivity index (χ0v) is 10.6. The van der Waals surface area contributed by atoms with Crippen molar-refractivity contribution < 1.29 is 0 Å². The number of hydrogen-bond acceptors (Lipinski definition) is 4. The van der Waals surface area contributed by atoms with Crippen molar-refractivity contribution in [3.8, 4) is 22.9 Å². The number of hydrogen-bond donors (Lipinski definition) is 0. The molecule has 0 bridgehead atoms. The highest BCUT2D eigenvalue weighted by Crippen LogP contribution is 2.19. The van der Waals surface area contributed by atoms with Crippen LogP contribution in [0.5, 0.6) is 0 Å². The molecule has 3 aromatic rings. The predicted molar refractivity (Wildman–Crippen MR) is 73.5 cm³/mol. The zero-order valence-electron chi connectivity index (χ0n) is 9.86. The van der Waals surface area contributed by atoms with Crippen molar-refractivity contribution in [2.24, 2.45) is 0 Å². The van der Waals surface area contributed by atoms with Gasteiger partial charge in [0.2, 0.25) is 0 Å². The minimum Gasteiger partial charge on any atom is -0.253 e. The van der Waals surface area contributed by atoms with Crippen molar-refractivity contribution in [3.63, 3.8) is 0 Å². The predicted octanol–water partition coefficient (Wildman–Crippen LogP) is 3.25. The van der Waals surface area contributed by atoms with E-state index in [1.807, 2.05) is 30.3 Å². The summed E-state index contributed by atoms with van der Waals surface area (Å²) in [4.78, 5) is 16.9. The molecule has 4 nitrogen and oxygen atoms in total. The van der Waals surface area contributed by atoms with E-state index in [0.717, 1.165) is 5.56 Å². The average Bonchev–Trinajstić information content (AvgIpc) is 2.48. The van der Waals surface area contributed by atoms with Crippen molar-refractivity contribution in [2.75, 3.05) is 0 Å². The number of benzene rings is 1. The smallest absolute Gasteiger partial charge is 0.181 e. The minimum atomic E-state index is 0.511. The maximum absolute atomic E-state index is 5.94. The Labute approximate surface area is 115 Å². The molecule has 0 aliphatic rings. The first-order valence-corrected chi connectivity index (χ1v) is 6.07. The van der Waals surface area contributed by atoms with Crippen molar-refractivity contribution in [2.45, 2.75) is 0 Å². The Morgan fingerprint density at radius 1 is 0.842 bits per heavy atom. The first-order valence-electron chi connectivity index (χ1n) is 5.69.